The summed E-state index contributed by atoms with van der Waals surface area (Å²) in [6.45, 7) is 3.00. The van der Waals surface area contributed by atoms with Gasteiger partial charge in [0.25, 0.3) is 7.52 Å². The number of carboxylic acid groups (broad SMARTS) is 1. The number of hydrogen-bond donors (Lipinski definition) is 5. The summed E-state index contributed by atoms with van der Waals surface area (Å²) in [7, 11) is -4.34. The summed E-state index contributed by atoms with van der Waals surface area (Å²) in [6, 6.07) is 16.6. The van der Waals surface area contributed by atoms with E-state index in [0.717, 1.165) is 5.56 Å². The highest BCUT2D eigenvalue weighted by atomic mass is 31.2. The number of benzene rings is 2. The first-order chi connectivity index (χ1) is 16.6. The van der Waals surface area contributed by atoms with Crippen LogP contribution in [0.15, 0.2) is 60.7 Å². The van der Waals surface area contributed by atoms with Gasteiger partial charge in [0.1, 0.15) is 18.4 Å². The second-order valence-electron chi connectivity index (χ2n) is 8.46. The van der Waals surface area contributed by atoms with E-state index in [9.17, 15) is 28.9 Å². The molecule has 2 rings (SSSR count). The largest absolute Gasteiger partial charge is 0.480 e. The number of alkyl carbamates (subject to hydrolysis) is 1. The molecule has 3 atom stereocenters. The average Bonchev–Trinajstić information content (AvgIpc) is 2.81. The fourth-order valence-electron chi connectivity index (χ4n) is 3.23. The molecule has 0 spiro atoms. The number of carbonyl (C=O) groups excluding carboxylic acids is 2. The molecule has 0 aliphatic rings. The lowest BCUT2D eigenvalue weighted by molar-refractivity contribution is -0.142. The molecule has 0 fully saturated rings. The van der Waals surface area contributed by atoms with Gasteiger partial charge in [0.05, 0.1) is 6.54 Å². The molecule has 2 aromatic carbocycles. The Bertz CT molecular complexity index is 1020. The summed E-state index contributed by atoms with van der Waals surface area (Å²) >= 11 is 0. The zero-order valence-corrected chi connectivity index (χ0v) is 20.6. The second-order valence-corrected chi connectivity index (χ2v) is 10.6. The van der Waals surface area contributed by atoms with Crippen LogP contribution in [0.2, 0.25) is 0 Å². The first-order valence-electron chi connectivity index (χ1n) is 11.2. The fraction of sp³-hybridized carbons (Fsp3) is 0.375. The zero-order valence-electron chi connectivity index (χ0n) is 19.7. The Kier molecular flexibility index (Phi) is 10.9. The third-order valence-corrected chi connectivity index (χ3v) is 6.77. The summed E-state index contributed by atoms with van der Waals surface area (Å²) < 4.78 is 18.3. The summed E-state index contributed by atoms with van der Waals surface area (Å²) in [4.78, 5) is 46.7. The standard InChI is InChI=1S/C24H32N3O7P/c1-17(2)13-20(23(29)30)26-21(28)15-25-35(32,33)22(14-18-9-5-3-6-10-18)27-24(31)34-16-19-11-7-4-8-12-19/h3-12,17,20,22H,13-16H2,1-2H3,(H,26,28)(H,27,31)(H,29,30)(H2,25,32,33)/t20-,22+/m0/s1. The van der Waals surface area contributed by atoms with E-state index < -0.39 is 43.9 Å². The van der Waals surface area contributed by atoms with E-state index in [1.165, 1.54) is 0 Å². The maximum Gasteiger partial charge on any atom is 0.408 e. The van der Waals surface area contributed by atoms with Gasteiger partial charge in [-0.15, -0.1) is 0 Å². The minimum absolute atomic E-state index is 0.00518. The van der Waals surface area contributed by atoms with Crippen LogP contribution in [0.4, 0.5) is 4.79 Å². The molecule has 10 nitrogen and oxygen atoms in total. The van der Waals surface area contributed by atoms with Crippen molar-refractivity contribution in [2.24, 2.45) is 5.92 Å². The summed E-state index contributed by atoms with van der Waals surface area (Å²) in [6.07, 6.45) is -0.684. The predicted octanol–water partition coefficient (Wildman–Crippen LogP) is 2.87. The molecule has 0 aromatic heterocycles. The monoisotopic (exact) mass is 505 g/mol. The van der Waals surface area contributed by atoms with Crippen molar-refractivity contribution >= 4 is 25.5 Å². The number of carbonyl (C=O) groups is 3. The molecule has 0 bridgehead atoms. The van der Waals surface area contributed by atoms with Crippen molar-refractivity contribution in [1.29, 1.82) is 0 Å². The maximum atomic E-state index is 13.1. The zero-order chi connectivity index (χ0) is 25.8. The molecule has 5 N–H and O–H groups in total. The smallest absolute Gasteiger partial charge is 0.408 e. The van der Waals surface area contributed by atoms with Gasteiger partial charge in [0.2, 0.25) is 5.91 Å². The van der Waals surface area contributed by atoms with Gasteiger partial charge in [0.15, 0.2) is 0 Å². The predicted molar refractivity (Wildman–Crippen MR) is 131 cm³/mol. The Hall–Kier alpha value is -3.20. The molecule has 35 heavy (non-hydrogen) atoms. The van der Waals surface area contributed by atoms with Crippen LogP contribution in [0.1, 0.15) is 31.4 Å². The molecular formula is C24H32N3O7P. The van der Waals surface area contributed by atoms with E-state index in [2.05, 4.69) is 15.7 Å². The molecule has 0 radical (unpaired) electrons. The molecule has 2 amide bonds. The first-order valence-corrected chi connectivity index (χ1v) is 12.9. The van der Waals surface area contributed by atoms with Crippen LogP contribution in [0.5, 0.6) is 0 Å². The topological polar surface area (TPSA) is 154 Å². The minimum Gasteiger partial charge on any atom is -0.480 e. The highest BCUT2D eigenvalue weighted by Crippen LogP contribution is 2.41. The van der Waals surface area contributed by atoms with E-state index in [1.807, 2.05) is 19.9 Å². The Labute approximate surface area is 204 Å². The van der Waals surface area contributed by atoms with Gasteiger partial charge in [-0.3, -0.25) is 9.36 Å². The highest BCUT2D eigenvalue weighted by molar-refractivity contribution is 7.56. The van der Waals surface area contributed by atoms with Gasteiger partial charge in [-0.05, 0) is 23.5 Å². The molecule has 2 aromatic rings. The van der Waals surface area contributed by atoms with Crippen LogP contribution in [0.25, 0.3) is 0 Å². The highest BCUT2D eigenvalue weighted by Gasteiger charge is 2.34. The summed E-state index contributed by atoms with van der Waals surface area (Å²) in [5, 5.41) is 16.3. The van der Waals surface area contributed by atoms with Crippen LogP contribution in [0.3, 0.4) is 0 Å². The van der Waals surface area contributed by atoms with Crippen LogP contribution >= 0.6 is 7.52 Å². The van der Waals surface area contributed by atoms with E-state index in [0.29, 0.717) is 5.56 Å². The van der Waals surface area contributed by atoms with Crippen molar-refractivity contribution in [3.63, 3.8) is 0 Å². The molecule has 190 valence electrons. The second kappa shape index (κ2) is 13.6. The summed E-state index contributed by atoms with van der Waals surface area (Å²) in [5.41, 5.74) is 1.43. The van der Waals surface area contributed by atoms with Crippen molar-refractivity contribution in [3.8, 4) is 0 Å². The minimum atomic E-state index is -4.34. The molecule has 0 saturated carbocycles. The molecule has 11 heteroatoms. The van der Waals surface area contributed by atoms with Crippen LogP contribution in [0, 0.1) is 5.92 Å². The lowest BCUT2D eigenvalue weighted by Gasteiger charge is -2.25. The molecule has 0 aliphatic carbocycles. The van der Waals surface area contributed by atoms with Gasteiger partial charge >= 0.3 is 12.1 Å². The Morgan fingerprint density at radius 3 is 2.06 bits per heavy atom. The van der Waals surface area contributed by atoms with Gasteiger partial charge in [-0.25, -0.2) is 14.7 Å². The van der Waals surface area contributed by atoms with Crippen LogP contribution in [-0.4, -0.2) is 46.3 Å². The Balaban J connectivity index is 2.04. The molecule has 0 saturated heterocycles. The number of ether oxygens (including phenoxy) is 1. The van der Waals surface area contributed by atoms with Gasteiger partial charge in [-0.2, -0.15) is 0 Å². The number of amides is 2. The van der Waals surface area contributed by atoms with Gasteiger partial charge < -0.3 is 25.4 Å². The van der Waals surface area contributed by atoms with E-state index in [4.69, 9.17) is 4.74 Å². The van der Waals surface area contributed by atoms with Gasteiger partial charge in [-0.1, -0.05) is 74.5 Å². The lowest BCUT2D eigenvalue weighted by atomic mass is 10.0. The quantitative estimate of drug-likeness (QED) is 0.260. The van der Waals surface area contributed by atoms with Crippen molar-refractivity contribution in [2.45, 2.75) is 45.1 Å². The van der Waals surface area contributed by atoms with Crippen molar-refractivity contribution in [2.75, 3.05) is 6.54 Å². The number of aliphatic carboxylic acids is 1. The normalized spacial score (nSPS) is 14.4. The van der Waals surface area contributed by atoms with Gasteiger partial charge in [0, 0.05) is 6.42 Å². The third kappa shape index (κ3) is 10.3. The maximum absolute atomic E-state index is 13.1. The van der Waals surface area contributed by atoms with Crippen LogP contribution < -0.4 is 15.7 Å². The van der Waals surface area contributed by atoms with Crippen molar-refractivity contribution in [3.05, 3.63) is 71.8 Å². The van der Waals surface area contributed by atoms with E-state index >= 15 is 0 Å². The van der Waals surface area contributed by atoms with Crippen molar-refractivity contribution < 1.29 is 33.7 Å². The van der Waals surface area contributed by atoms with Crippen molar-refractivity contribution in [1.82, 2.24) is 15.7 Å². The van der Waals surface area contributed by atoms with E-state index in [-0.39, 0.29) is 25.4 Å². The number of nitrogens with one attached hydrogen (secondary N) is 3. The average molecular weight is 506 g/mol. The first kappa shape index (κ1) is 28.0. The number of carboxylic acids is 1. The third-order valence-electron chi connectivity index (χ3n) is 5.00. The SMILES string of the molecule is CC(C)C[C@H](NC(=O)CNP(=O)(O)[C@H](Cc1ccccc1)NC(=O)OCc1ccccc1)C(=O)O. The molecule has 1 unspecified atom stereocenters. The molecule has 0 heterocycles. The fourth-order valence-corrected chi connectivity index (χ4v) is 4.56. The Morgan fingerprint density at radius 1 is 0.943 bits per heavy atom. The lowest BCUT2D eigenvalue weighted by Crippen LogP contribution is -2.46. The molecular weight excluding hydrogens is 473 g/mol. The number of hydrogen-bond acceptors (Lipinski definition) is 5. The Morgan fingerprint density at radius 2 is 1.51 bits per heavy atom. The molecule has 0 aliphatic heterocycles. The van der Waals surface area contributed by atoms with E-state index in [1.54, 1.807) is 54.6 Å². The summed E-state index contributed by atoms with van der Waals surface area (Å²) in [5.74, 6) is -3.22. The number of rotatable bonds is 13. The van der Waals surface area contributed by atoms with Crippen LogP contribution in [-0.2, 0) is 31.9 Å².